The predicted molar refractivity (Wildman–Crippen MR) is 72.1 cm³/mol. The maximum Gasteiger partial charge on any atom is 0.346 e. The second-order valence-electron chi connectivity index (χ2n) is 5.54. The third-order valence-electron chi connectivity index (χ3n) is 4.35. The van der Waals surface area contributed by atoms with E-state index in [0.29, 0.717) is 13.1 Å². The van der Waals surface area contributed by atoms with Crippen molar-refractivity contribution in [1.29, 1.82) is 0 Å². The molecule has 1 amide bonds. The van der Waals surface area contributed by atoms with Gasteiger partial charge in [-0.05, 0) is 17.5 Å². The zero-order valence-electron chi connectivity index (χ0n) is 11.3. The van der Waals surface area contributed by atoms with Crippen molar-refractivity contribution in [2.75, 3.05) is 13.1 Å². The van der Waals surface area contributed by atoms with Crippen LogP contribution < -0.4 is 0 Å². The fourth-order valence-corrected chi connectivity index (χ4v) is 3.42. The normalized spacial score (nSPS) is 22.8. The van der Waals surface area contributed by atoms with Gasteiger partial charge in [-0.3, -0.25) is 25.0 Å². The maximum absolute atomic E-state index is 11.5. The van der Waals surface area contributed by atoms with Gasteiger partial charge >= 0.3 is 11.4 Å². The largest absolute Gasteiger partial charge is 0.346 e. The van der Waals surface area contributed by atoms with Crippen LogP contribution in [0.5, 0.6) is 0 Å². The van der Waals surface area contributed by atoms with Gasteiger partial charge in [-0.1, -0.05) is 0 Å². The Morgan fingerprint density at radius 1 is 1.10 bits per heavy atom. The van der Waals surface area contributed by atoms with Crippen LogP contribution in [0.25, 0.3) is 0 Å². The molecule has 1 aliphatic heterocycles. The van der Waals surface area contributed by atoms with E-state index in [1.165, 1.54) is 19.1 Å². The van der Waals surface area contributed by atoms with Gasteiger partial charge in [0.05, 0.1) is 9.85 Å². The highest BCUT2D eigenvalue weighted by Gasteiger charge is 2.41. The van der Waals surface area contributed by atoms with E-state index in [2.05, 4.69) is 0 Å². The SMILES string of the molecule is CC(=O)N1CC2CC(C1)c1cc([N+](=O)[O-])c([N+](=O)[O-])cc12. The van der Waals surface area contributed by atoms with Gasteiger partial charge in [0.1, 0.15) is 0 Å². The molecule has 0 aromatic heterocycles. The van der Waals surface area contributed by atoms with Crippen LogP contribution in [0.2, 0.25) is 0 Å². The first-order chi connectivity index (χ1) is 9.88. The van der Waals surface area contributed by atoms with E-state index in [0.717, 1.165) is 17.5 Å². The van der Waals surface area contributed by atoms with Gasteiger partial charge in [-0.25, -0.2) is 0 Å². The minimum Gasteiger partial charge on any atom is -0.342 e. The monoisotopic (exact) mass is 291 g/mol. The fourth-order valence-electron chi connectivity index (χ4n) is 3.42. The van der Waals surface area contributed by atoms with Crippen molar-refractivity contribution >= 4 is 17.3 Å². The van der Waals surface area contributed by atoms with Gasteiger partial charge in [-0.2, -0.15) is 0 Å². The number of likely N-dealkylation sites (tertiary alicyclic amines) is 1. The summed E-state index contributed by atoms with van der Waals surface area (Å²) in [7, 11) is 0. The Hall–Kier alpha value is -2.51. The summed E-state index contributed by atoms with van der Waals surface area (Å²) in [5.74, 6) is 0.0193. The molecule has 0 spiro atoms. The van der Waals surface area contributed by atoms with E-state index in [1.54, 1.807) is 4.90 Å². The van der Waals surface area contributed by atoms with Crippen molar-refractivity contribution in [3.63, 3.8) is 0 Å². The van der Waals surface area contributed by atoms with E-state index >= 15 is 0 Å². The maximum atomic E-state index is 11.5. The summed E-state index contributed by atoms with van der Waals surface area (Å²) in [6, 6.07) is 2.64. The van der Waals surface area contributed by atoms with Crippen molar-refractivity contribution in [1.82, 2.24) is 4.90 Å². The summed E-state index contributed by atoms with van der Waals surface area (Å²) in [6.45, 7) is 2.53. The molecule has 2 atom stereocenters. The molecule has 8 nitrogen and oxygen atoms in total. The molecule has 1 fully saturated rings. The van der Waals surface area contributed by atoms with E-state index in [9.17, 15) is 25.0 Å². The minimum atomic E-state index is -0.719. The highest BCUT2D eigenvalue weighted by Crippen LogP contribution is 2.49. The van der Waals surface area contributed by atoms with Crippen LogP contribution >= 0.6 is 0 Å². The molecule has 3 rings (SSSR count). The Kier molecular flexibility index (Phi) is 2.89. The Morgan fingerprint density at radius 3 is 1.86 bits per heavy atom. The summed E-state index contributed by atoms with van der Waals surface area (Å²) in [5.41, 5.74) is 0.614. The summed E-state index contributed by atoms with van der Waals surface area (Å²) in [5, 5.41) is 22.1. The second kappa shape index (κ2) is 4.51. The first kappa shape index (κ1) is 13.5. The van der Waals surface area contributed by atoms with Crippen molar-refractivity contribution in [2.45, 2.75) is 25.2 Å². The molecule has 1 aromatic rings. The predicted octanol–water partition coefficient (Wildman–Crippen LogP) is 1.94. The van der Waals surface area contributed by atoms with E-state index in [-0.39, 0.29) is 17.7 Å². The third kappa shape index (κ3) is 2.03. The number of benzene rings is 1. The van der Waals surface area contributed by atoms with Crippen molar-refractivity contribution in [2.24, 2.45) is 0 Å². The molecule has 8 heteroatoms. The summed E-state index contributed by atoms with van der Waals surface area (Å²) in [6.07, 6.45) is 0.789. The number of nitrogens with zero attached hydrogens (tertiary/aromatic N) is 3. The summed E-state index contributed by atoms with van der Waals surface area (Å²) < 4.78 is 0. The first-order valence-corrected chi connectivity index (χ1v) is 6.60. The summed E-state index contributed by atoms with van der Waals surface area (Å²) in [4.78, 5) is 33.9. The van der Waals surface area contributed by atoms with Gasteiger partial charge < -0.3 is 4.90 Å². The molecule has 1 aromatic carbocycles. The van der Waals surface area contributed by atoms with Gasteiger partial charge in [0, 0.05) is 44.0 Å². The van der Waals surface area contributed by atoms with Crippen LogP contribution in [-0.2, 0) is 4.79 Å². The molecule has 21 heavy (non-hydrogen) atoms. The lowest BCUT2D eigenvalue weighted by Gasteiger charge is -2.31. The fraction of sp³-hybridized carbons (Fsp3) is 0.462. The number of nitro benzene ring substituents is 2. The van der Waals surface area contributed by atoms with Gasteiger partial charge in [0.25, 0.3) is 0 Å². The first-order valence-electron chi connectivity index (χ1n) is 6.60. The molecule has 2 unspecified atom stereocenters. The number of hydrogen-bond donors (Lipinski definition) is 0. The van der Waals surface area contributed by atoms with Crippen LogP contribution in [0.15, 0.2) is 12.1 Å². The average molecular weight is 291 g/mol. The van der Waals surface area contributed by atoms with Crippen LogP contribution in [-0.4, -0.2) is 33.7 Å². The smallest absolute Gasteiger partial charge is 0.342 e. The van der Waals surface area contributed by atoms with Crippen molar-refractivity contribution < 1.29 is 14.6 Å². The average Bonchev–Trinajstić information content (AvgIpc) is 2.68. The van der Waals surface area contributed by atoms with Crippen LogP contribution in [0, 0.1) is 20.2 Å². The summed E-state index contributed by atoms with van der Waals surface area (Å²) >= 11 is 0. The Morgan fingerprint density at radius 2 is 1.52 bits per heavy atom. The zero-order valence-corrected chi connectivity index (χ0v) is 11.3. The van der Waals surface area contributed by atoms with E-state index < -0.39 is 21.2 Å². The number of nitro groups is 2. The number of fused-ring (bicyclic) bond motifs is 5. The lowest BCUT2D eigenvalue weighted by atomic mass is 9.96. The van der Waals surface area contributed by atoms with Crippen LogP contribution in [0.4, 0.5) is 11.4 Å². The van der Waals surface area contributed by atoms with Crippen molar-refractivity contribution in [3.05, 3.63) is 43.5 Å². The number of rotatable bonds is 2. The van der Waals surface area contributed by atoms with Gasteiger partial charge in [-0.15, -0.1) is 0 Å². The molecule has 110 valence electrons. The number of carbonyl (C=O) groups is 1. The molecule has 2 bridgehead atoms. The molecule has 1 heterocycles. The molecule has 1 saturated heterocycles. The highest BCUT2D eigenvalue weighted by molar-refractivity contribution is 5.74. The van der Waals surface area contributed by atoms with Crippen LogP contribution in [0.1, 0.15) is 36.3 Å². The van der Waals surface area contributed by atoms with Crippen LogP contribution in [0.3, 0.4) is 0 Å². The van der Waals surface area contributed by atoms with Gasteiger partial charge in [0.2, 0.25) is 5.91 Å². The number of hydrogen-bond acceptors (Lipinski definition) is 5. The lowest BCUT2D eigenvalue weighted by Crippen LogP contribution is -2.38. The van der Waals surface area contributed by atoms with E-state index in [4.69, 9.17) is 0 Å². The Balaban J connectivity index is 2.10. The minimum absolute atomic E-state index is 0.0298. The molecule has 0 saturated carbocycles. The topological polar surface area (TPSA) is 107 Å². The third-order valence-corrected chi connectivity index (χ3v) is 4.35. The molecular weight excluding hydrogens is 278 g/mol. The molecule has 2 aliphatic rings. The number of carbonyl (C=O) groups excluding carboxylic acids is 1. The van der Waals surface area contributed by atoms with Crippen molar-refractivity contribution in [3.8, 4) is 0 Å². The standard InChI is InChI=1S/C13H13N3O5/c1-7(17)14-5-8-2-9(6-14)11-4-13(16(20)21)12(15(18)19)3-10(8)11/h3-4,8-9H,2,5-6H2,1H3. The second-order valence-corrected chi connectivity index (χ2v) is 5.54. The molecule has 0 radical (unpaired) electrons. The molecule has 1 aliphatic carbocycles. The number of piperidine rings is 1. The Labute approximate surface area is 119 Å². The molecule has 0 N–H and O–H groups in total. The van der Waals surface area contributed by atoms with E-state index in [1.807, 2.05) is 0 Å². The highest BCUT2D eigenvalue weighted by atomic mass is 16.6. The lowest BCUT2D eigenvalue weighted by molar-refractivity contribution is -0.422. The number of amides is 1. The Bertz CT molecular complexity index is 623. The van der Waals surface area contributed by atoms with Gasteiger partial charge in [0.15, 0.2) is 0 Å². The zero-order chi connectivity index (χ0) is 15.3. The quantitative estimate of drug-likeness (QED) is 0.611. The molecular formula is C13H13N3O5.